The Hall–Kier alpha value is -0.960. The first-order valence-corrected chi connectivity index (χ1v) is 14.6. The Bertz CT molecular complexity index is 971. The van der Waals surface area contributed by atoms with Crippen molar-refractivity contribution in [3.63, 3.8) is 0 Å². The average Bonchev–Trinajstić information content (AvgIpc) is 3.02. The average molecular weight is 471 g/mol. The van der Waals surface area contributed by atoms with E-state index in [0.717, 1.165) is 18.7 Å². The lowest BCUT2D eigenvalue weighted by atomic mass is 9.87. The van der Waals surface area contributed by atoms with Gasteiger partial charge in [0.2, 0.25) is 0 Å². The number of sulfone groups is 2. The summed E-state index contributed by atoms with van der Waals surface area (Å²) in [4.78, 5) is 2.62. The van der Waals surface area contributed by atoms with Crippen molar-refractivity contribution in [3.05, 3.63) is 29.8 Å². The summed E-state index contributed by atoms with van der Waals surface area (Å²) < 4.78 is 51.7. The maximum Gasteiger partial charge on any atom is 0.183 e. The van der Waals surface area contributed by atoms with Crippen LogP contribution in [0.1, 0.15) is 59.4 Å². The Balaban J connectivity index is 1.79. The summed E-state index contributed by atoms with van der Waals surface area (Å²) in [6, 6.07) is 6.31. The molecule has 2 aliphatic heterocycles. The minimum Gasteiger partial charge on any atom is -0.310 e. The van der Waals surface area contributed by atoms with Crippen molar-refractivity contribution >= 4 is 19.7 Å². The highest BCUT2D eigenvalue weighted by molar-refractivity contribution is 7.96. The first-order valence-electron chi connectivity index (χ1n) is 11.3. The van der Waals surface area contributed by atoms with Crippen LogP contribution in [0.2, 0.25) is 0 Å². The molecule has 0 amide bonds. The van der Waals surface area contributed by atoms with Gasteiger partial charge in [-0.05, 0) is 62.9 Å². The van der Waals surface area contributed by atoms with E-state index in [1.165, 1.54) is 19.3 Å². The Morgan fingerprint density at radius 1 is 0.968 bits per heavy atom. The fraction of sp³-hybridized carbons (Fsp3) is 0.739. The molecule has 1 aromatic rings. The van der Waals surface area contributed by atoms with Gasteiger partial charge in [-0.15, -0.1) is 0 Å². The number of piperidine rings is 1. The topological polar surface area (TPSA) is 83.5 Å². The lowest BCUT2D eigenvalue weighted by molar-refractivity contribution is 0.0925. The number of hydrogen-bond donors (Lipinski definition) is 1. The molecule has 2 fully saturated rings. The zero-order valence-corrected chi connectivity index (χ0v) is 21.2. The van der Waals surface area contributed by atoms with E-state index in [-0.39, 0.29) is 27.4 Å². The molecular weight excluding hydrogens is 432 g/mol. The lowest BCUT2D eigenvalue weighted by Gasteiger charge is -2.42. The Kier molecular flexibility index (Phi) is 6.98. The molecule has 1 aromatic carbocycles. The fourth-order valence-corrected chi connectivity index (χ4v) is 9.34. The highest BCUT2D eigenvalue weighted by atomic mass is 32.2. The maximum absolute atomic E-state index is 13.4. The van der Waals surface area contributed by atoms with Crippen LogP contribution in [0.3, 0.4) is 0 Å². The van der Waals surface area contributed by atoms with Crippen molar-refractivity contribution in [3.8, 4) is 0 Å². The summed E-state index contributed by atoms with van der Waals surface area (Å²) in [6.45, 7) is 13.1. The number of benzene rings is 1. The zero-order valence-electron chi connectivity index (χ0n) is 19.5. The number of hydrogen-bond acceptors (Lipinski definition) is 6. The predicted molar refractivity (Wildman–Crippen MR) is 126 cm³/mol. The van der Waals surface area contributed by atoms with Gasteiger partial charge in [-0.2, -0.15) is 0 Å². The van der Waals surface area contributed by atoms with Gasteiger partial charge in [0.25, 0.3) is 0 Å². The monoisotopic (exact) mass is 470 g/mol. The molecule has 0 radical (unpaired) electrons. The van der Waals surface area contributed by atoms with Crippen LogP contribution in [0.5, 0.6) is 0 Å². The molecule has 0 spiro atoms. The van der Waals surface area contributed by atoms with Gasteiger partial charge in [-0.1, -0.05) is 39.3 Å². The van der Waals surface area contributed by atoms with Gasteiger partial charge in [-0.3, -0.25) is 4.90 Å². The minimum absolute atomic E-state index is 0.0802. The number of likely N-dealkylation sites (tertiary alicyclic amines) is 1. The zero-order chi connectivity index (χ0) is 23.1. The third kappa shape index (κ3) is 5.70. The number of rotatable bonds is 6. The SMILES string of the molecule is CC(C)(C)c1ccc(S(=O)(=O)[C@H]2CS(=O)(=O)C[C@@H]2NCC(C)(C)N2CCCCC2)cc1. The van der Waals surface area contributed by atoms with Crippen LogP contribution >= 0.6 is 0 Å². The summed E-state index contributed by atoms with van der Waals surface area (Å²) in [5, 5.41) is 2.37. The van der Waals surface area contributed by atoms with Crippen molar-refractivity contribution in [2.75, 3.05) is 31.1 Å². The second-order valence-electron chi connectivity index (χ2n) is 10.8. The van der Waals surface area contributed by atoms with E-state index in [1.807, 2.05) is 12.1 Å². The molecule has 6 nitrogen and oxygen atoms in total. The molecule has 2 saturated heterocycles. The van der Waals surface area contributed by atoms with Gasteiger partial charge in [0.05, 0.1) is 21.7 Å². The molecule has 31 heavy (non-hydrogen) atoms. The summed E-state index contributed by atoms with van der Waals surface area (Å²) in [5.41, 5.74) is 0.807. The number of nitrogens with zero attached hydrogens (tertiary/aromatic N) is 1. The summed E-state index contributed by atoms with van der Waals surface area (Å²) in [7, 11) is -7.18. The predicted octanol–water partition coefficient (Wildman–Crippen LogP) is 2.78. The van der Waals surface area contributed by atoms with Gasteiger partial charge in [0.1, 0.15) is 0 Å². The van der Waals surface area contributed by atoms with Crippen LogP contribution in [0.25, 0.3) is 0 Å². The van der Waals surface area contributed by atoms with Crippen LogP contribution < -0.4 is 5.32 Å². The van der Waals surface area contributed by atoms with Crippen molar-refractivity contribution in [1.29, 1.82) is 0 Å². The summed E-state index contributed by atoms with van der Waals surface area (Å²) in [6.07, 6.45) is 3.58. The summed E-state index contributed by atoms with van der Waals surface area (Å²) in [5.74, 6) is -0.453. The largest absolute Gasteiger partial charge is 0.310 e. The summed E-state index contributed by atoms with van der Waals surface area (Å²) >= 11 is 0. The van der Waals surface area contributed by atoms with E-state index >= 15 is 0 Å². The molecule has 176 valence electrons. The normalized spacial score (nSPS) is 25.6. The third-order valence-electron chi connectivity index (χ3n) is 6.76. The first-order chi connectivity index (χ1) is 14.2. The minimum atomic E-state index is -3.77. The van der Waals surface area contributed by atoms with Crippen molar-refractivity contribution < 1.29 is 16.8 Å². The van der Waals surface area contributed by atoms with Crippen molar-refractivity contribution in [2.24, 2.45) is 0 Å². The smallest absolute Gasteiger partial charge is 0.183 e. The molecule has 0 aromatic heterocycles. The maximum atomic E-state index is 13.4. The fourth-order valence-electron chi connectivity index (χ4n) is 4.62. The molecule has 0 bridgehead atoms. The Morgan fingerprint density at radius 2 is 1.55 bits per heavy atom. The van der Waals surface area contributed by atoms with E-state index in [2.05, 4.69) is 44.8 Å². The van der Waals surface area contributed by atoms with E-state index in [0.29, 0.717) is 6.54 Å². The molecule has 0 unspecified atom stereocenters. The van der Waals surface area contributed by atoms with Crippen LogP contribution in [0.15, 0.2) is 29.2 Å². The highest BCUT2D eigenvalue weighted by Crippen LogP contribution is 2.29. The molecule has 8 heteroatoms. The molecule has 0 saturated carbocycles. The Labute approximate surface area is 188 Å². The second kappa shape index (κ2) is 8.76. The van der Waals surface area contributed by atoms with Crippen LogP contribution in [-0.2, 0) is 25.1 Å². The van der Waals surface area contributed by atoms with Crippen molar-refractivity contribution in [1.82, 2.24) is 10.2 Å². The van der Waals surface area contributed by atoms with Gasteiger partial charge < -0.3 is 5.32 Å². The highest BCUT2D eigenvalue weighted by Gasteiger charge is 2.46. The van der Waals surface area contributed by atoms with Gasteiger partial charge >= 0.3 is 0 Å². The molecule has 2 atom stereocenters. The number of nitrogens with one attached hydrogen (secondary N) is 1. The molecule has 0 aliphatic carbocycles. The molecule has 2 aliphatic rings. The van der Waals surface area contributed by atoms with Crippen LogP contribution in [-0.4, -0.2) is 69.7 Å². The van der Waals surface area contributed by atoms with Crippen molar-refractivity contribution in [2.45, 2.75) is 81.0 Å². The Morgan fingerprint density at radius 3 is 2.10 bits per heavy atom. The quantitative estimate of drug-likeness (QED) is 0.688. The van der Waals surface area contributed by atoms with Crippen LogP contribution in [0, 0.1) is 0 Å². The molecule has 1 N–H and O–H groups in total. The van der Waals surface area contributed by atoms with Gasteiger partial charge in [-0.25, -0.2) is 16.8 Å². The van der Waals surface area contributed by atoms with E-state index in [1.54, 1.807) is 12.1 Å². The molecule has 2 heterocycles. The van der Waals surface area contributed by atoms with E-state index in [4.69, 9.17) is 0 Å². The van der Waals surface area contributed by atoms with Gasteiger partial charge in [0, 0.05) is 18.1 Å². The lowest BCUT2D eigenvalue weighted by Crippen LogP contribution is -2.56. The standard InChI is InChI=1S/C23H38N2O4S2/c1-22(2,3)18-9-11-19(12-10-18)31(28,29)21-16-30(26,27)15-20(21)24-17-23(4,5)25-13-7-6-8-14-25/h9-12,20-21,24H,6-8,13-17H2,1-5H3/t20-,21-/m0/s1. The molecular formula is C23H38N2O4S2. The first kappa shape index (κ1) is 24.7. The van der Waals surface area contributed by atoms with Gasteiger partial charge in [0.15, 0.2) is 19.7 Å². The third-order valence-corrected chi connectivity index (χ3v) is 10.9. The van der Waals surface area contributed by atoms with E-state index < -0.39 is 31.0 Å². The van der Waals surface area contributed by atoms with E-state index in [9.17, 15) is 16.8 Å². The second-order valence-corrected chi connectivity index (χ2v) is 15.1. The molecule has 3 rings (SSSR count). The van der Waals surface area contributed by atoms with Crippen LogP contribution in [0.4, 0.5) is 0 Å².